The van der Waals surface area contributed by atoms with Gasteiger partial charge >= 0.3 is 5.97 Å². The number of benzene rings is 2. The summed E-state index contributed by atoms with van der Waals surface area (Å²) in [7, 11) is 1.45. The van der Waals surface area contributed by atoms with E-state index in [9.17, 15) is 4.79 Å². The molecule has 4 aromatic rings. The third-order valence-electron chi connectivity index (χ3n) is 6.91. The molecule has 12 heteroatoms. The number of hydrogen-bond donors (Lipinski definition) is 1. The second-order valence-electron chi connectivity index (χ2n) is 9.98. The highest BCUT2D eigenvalue weighted by Crippen LogP contribution is 2.42. The summed E-state index contributed by atoms with van der Waals surface area (Å²) in [4.78, 5) is 24.7. The fourth-order valence-electron chi connectivity index (χ4n) is 4.17. The minimum Gasteiger partial charge on any atom is -0.496 e. The Morgan fingerprint density at radius 2 is 1.98 bits per heavy atom. The lowest BCUT2D eigenvalue weighted by atomic mass is 10.1. The van der Waals surface area contributed by atoms with Gasteiger partial charge in [-0.15, -0.1) is 0 Å². The zero-order chi connectivity index (χ0) is 28.6. The molecule has 0 saturated heterocycles. The van der Waals surface area contributed by atoms with Crippen LogP contribution in [0, 0.1) is 11.7 Å². The molecule has 2 aromatic heterocycles. The Labute approximate surface area is 239 Å². The van der Waals surface area contributed by atoms with E-state index in [1.165, 1.54) is 19.5 Å². The van der Waals surface area contributed by atoms with Crippen LogP contribution in [0.25, 0.3) is 22.6 Å². The Hall–Kier alpha value is -3.63. The Morgan fingerprint density at radius 1 is 1.20 bits per heavy atom. The van der Waals surface area contributed by atoms with Gasteiger partial charge in [-0.1, -0.05) is 30.1 Å². The summed E-state index contributed by atoms with van der Waals surface area (Å²) in [5.41, 5.74) is 1.27. The fourth-order valence-corrected chi connectivity index (χ4v) is 4.61. The van der Waals surface area contributed by atoms with Crippen molar-refractivity contribution >= 4 is 40.3 Å². The minimum atomic E-state index is -0.884. The normalized spacial score (nSPS) is 14.7. The number of carbonyl (C=O) groups is 1. The number of carboxylic acids is 1. The van der Waals surface area contributed by atoms with E-state index in [4.69, 9.17) is 47.5 Å². The number of ether oxygens (including phenoxy) is 3. The van der Waals surface area contributed by atoms with E-state index in [2.05, 4.69) is 9.97 Å². The van der Waals surface area contributed by atoms with Crippen molar-refractivity contribution in [1.82, 2.24) is 19.5 Å². The molecule has 1 saturated carbocycles. The number of hydrogen-bond acceptors (Lipinski definition) is 7. The van der Waals surface area contributed by atoms with Crippen molar-refractivity contribution in [2.45, 2.75) is 45.3 Å². The van der Waals surface area contributed by atoms with Crippen LogP contribution in [-0.4, -0.2) is 49.9 Å². The molecule has 1 atom stereocenters. The summed E-state index contributed by atoms with van der Waals surface area (Å²) in [6.07, 6.45) is 3.52. The average molecular weight is 589 g/mol. The van der Waals surface area contributed by atoms with E-state index >= 15 is 4.39 Å². The molecule has 0 aliphatic heterocycles. The first-order valence-corrected chi connectivity index (χ1v) is 13.4. The number of methoxy groups -OCH3 is 1. The van der Waals surface area contributed by atoms with Crippen LogP contribution < -0.4 is 14.2 Å². The van der Waals surface area contributed by atoms with E-state index in [0.717, 1.165) is 12.8 Å². The summed E-state index contributed by atoms with van der Waals surface area (Å²) in [5, 5.41) is 9.36. The highest BCUT2D eigenvalue weighted by molar-refractivity contribution is 6.33. The predicted molar refractivity (Wildman–Crippen MR) is 148 cm³/mol. The molecule has 0 amide bonds. The van der Waals surface area contributed by atoms with Crippen molar-refractivity contribution in [1.29, 1.82) is 0 Å². The van der Waals surface area contributed by atoms with Gasteiger partial charge in [-0.25, -0.2) is 14.4 Å². The van der Waals surface area contributed by atoms with Gasteiger partial charge in [0.15, 0.2) is 11.2 Å². The quantitative estimate of drug-likeness (QED) is 0.214. The number of rotatable bonds is 11. The maximum atomic E-state index is 15.3. The van der Waals surface area contributed by atoms with Gasteiger partial charge < -0.3 is 23.9 Å². The molecule has 0 radical (unpaired) electrons. The first-order valence-electron chi connectivity index (χ1n) is 12.7. The molecule has 1 N–H and O–H groups in total. The number of halogens is 3. The summed E-state index contributed by atoms with van der Waals surface area (Å²) in [6, 6.07) is 8.11. The van der Waals surface area contributed by atoms with E-state index in [1.54, 1.807) is 35.8 Å². The average Bonchev–Trinajstić information content (AvgIpc) is 3.54. The first kappa shape index (κ1) is 27.9. The number of carboxylic acid groups (broad SMARTS) is 1. The first-order chi connectivity index (χ1) is 19.1. The Balaban J connectivity index is 1.58. The molecule has 0 spiro atoms. The van der Waals surface area contributed by atoms with Crippen molar-refractivity contribution in [3.63, 3.8) is 0 Å². The van der Waals surface area contributed by atoms with Crippen molar-refractivity contribution in [2.24, 2.45) is 5.92 Å². The van der Waals surface area contributed by atoms with Crippen LogP contribution in [0.5, 0.6) is 17.4 Å². The van der Waals surface area contributed by atoms with Gasteiger partial charge in [0.1, 0.15) is 35.1 Å². The number of aromatic nitrogens is 4. The maximum Gasteiger partial charge on any atom is 0.306 e. The molecule has 9 nitrogen and oxygen atoms in total. The maximum absolute atomic E-state index is 15.3. The molecule has 40 heavy (non-hydrogen) atoms. The van der Waals surface area contributed by atoms with Crippen molar-refractivity contribution in [2.75, 3.05) is 13.7 Å². The van der Waals surface area contributed by atoms with Gasteiger partial charge in [0.2, 0.25) is 5.88 Å². The van der Waals surface area contributed by atoms with Gasteiger partial charge in [-0.2, -0.15) is 4.98 Å². The molecule has 210 valence electrons. The smallest absolute Gasteiger partial charge is 0.306 e. The lowest BCUT2D eigenvalue weighted by Gasteiger charge is -2.15. The van der Waals surface area contributed by atoms with Crippen LogP contribution in [0.2, 0.25) is 10.0 Å². The number of aliphatic carboxylic acids is 1. The summed E-state index contributed by atoms with van der Waals surface area (Å²) >= 11 is 12.8. The van der Waals surface area contributed by atoms with Crippen LogP contribution in [0.4, 0.5) is 4.39 Å². The summed E-state index contributed by atoms with van der Waals surface area (Å²) in [6.45, 7) is 3.81. The van der Waals surface area contributed by atoms with E-state index in [0.29, 0.717) is 51.4 Å². The van der Waals surface area contributed by atoms with Crippen LogP contribution >= 0.6 is 23.2 Å². The van der Waals surface area contributed by atoms with Gasteiger partial charge in [0.05, 0.1) is 41.8 Å². The predicted octanol–water partition coefficient (Wildman–Crippen LogP) is 6.42. The largest absolute Gasteiger partial charge is 0.496 e. The van der Waals surface area contributed by atoms with Gasteiger partial charge in [0.25, 0.3) is 0 Å². The third-order valence-corrected chi connectivity index (χ3v) is 7.51. The zero-order valence-electron chi connectivity index (χ0n) is 22.1. The topological polar surface area (TPSA) is 109 Å². The monoisotopic (exact) mass is 588 g/mol. The van der Waals surface area contributed by atoms with Crippen LogP contribution in [0.15, 0.2) is 36.7 Å². The molecule has 1 unspecified atom stereocenters. The lowest BCUT2D eigenvalue weighted by molar-refractivity contribution is -0.141. The minimum absolute atomic E-state index is 0.0171. The summed E-state index contributed by atoms with van der Waals surface area (Å²) in [5.74, 6) is -0.515. The van der Waals surface area contributed by atoms with Gasteiger partial charge in [-0.05, 0) is 56.5 Å². The van der Waals surface area contributed by atoms with Crippen molar-refractivity contribution < 1.29 is 28.5 Å². The lowest BCUT2D eigenvalue weighted by Crippen LogP contribution is -2.13. The van der Waals surface area contributed by atoms with E-state index in [-0.39, 0.29) is 29.3 Å². The van der Waals surface area contributed by atoms with Crippen LogP contribution in [0.3, 0.4) is 0 Å². The molecule has 2 aromatic carbocycles. The Morgan fingerprint density at radius 3 is 2.65 bits per heavy atom. The highest BCUT2D eigenvalue weighted by atomic mass is 35.5. The molecule has 1 aliphatic rings. The zero-order valence-corrected chi connectivity index (χ0v) is 23.6. The molecule has 2 heterocycles. The second kappa shape index (κ2) is 11.1. The van der Waals surface area contributed by atoms with Gasteiger partial charge in [-0.3, -0.25) is 4.79 Å². The van der Waals surface area contributed by atoms with Crippen LogP contribution in [-0.2, 0) is 11.3 Å². The van der Waals surface area contributed by atoms with Crippen LogP contribution in [0.1, 0.15) is 38.7 Å². The van der Waals surface area contributed by atoms with Crippen molar-refractivity contribution in [3.05, 3.63) is 58.1 Å². The highest BCUT2D eigenvalue weighted by Gasteiger charge is 2.41. The molecular formula is C28H27Cl2FN4O5. The standard InChI is InChI=1S/C28H27Cl2FN4O5/c1-15(27(36)37)8-11-39-16-4-5-17(20(30)12-16)24-34-23-25(32-14-33-26(23)40-28(2)9-10-28)35(24)13-18-21(38-3)7-6-19(29)22(18)31/h4-7,12,14-15H,8-11,13H2,1-3H3,(H,36,37). The second-order valence-corrected chi connectivity index (χ2v) is 10.8. The van der Waals surface area contributed by atoms with E-state index in [1.807, 2.05) is 6.92 Å². The molecule has 5 rings (SSSR count). The number of imidazole rings is 1. The molecule has 0 bridgehead atoms. The summed E-state index contributed by atoms with van der Waals surface area (Å²) < 4.78 is 34.3. The molecule has 1 fully saturated rings. The van der Waals surface area contributed by atoms with Gasteiger partial charge in [0, 0.05) is 5.56 Å². The molecule has 1 aliphatic carbocycles. The number of nitrogens with zero attached hydrogens (tertiary/aromatic N) is 4. The van der Waals surface area contributed by atoms with E-state index < -0.39 is 17.7 Å². The number of fused-ring (bicyclic) bond motifs is 1. The SMILES string of the molecule is COc1ccc(Cl)c(F)c1Cn1c(-c2ccc(OCCC(C)C(=O)O)cc2Cl)nc2c(OC3(C)CC3)ncnc21. The third kappa shape index (κ3) is 5.64. The Kier molecular flexibility index (Phi) is 7.74. The fraction of sp³-hybridized carbons (Fsp3) is 0.357. The molecular weight excluding hydrogens is 562 g/mol. The van der Waals surface area contributed by atoms with Crippen molar-refractivity contribution in [3.8, 4) is 28.8 Å². The Bertz CT molecular complexity index is 1590.